The Labute approximate surface area is 121 Å². The summed E-state index contributed by atoms with van der Waals surface area (Å²) < 4.78 is 56.5. The number of hydrogen-bond donors (Lipinski definition) is 1. The molecular weight excluding hydrogens is 288 g/mol. The average molecular weight is 308 g/mol. The van der Waals surface area contributed by atoms with Crippen LogP contribution in [0.5, 0.6) is 0 Å². The lowest BCUT2D eigenvalue weighted by Crippen LogP contribution is -2.32. The fourth-order valence-electron chi connectivity index (χ4n) is 2.15. The lowest BCUT2D eigenvalue weighted by atomic mass is 10.0. The highest BCUT2D eigenvalue weighted by Gasteiger charge is 2.34. The van der Waals surface area contributed by atoms with Crippen LogP contribution in [-0.2, 0) is 10.9 Å². The number of likely N-dealkylation sites (N-methyl/N-ethyl adjacent to an activating group) is 1. The first-order chi connectivity index (χ1) is 9.81. The van der Waals surface area contributed by atoms with Crippen LogP contribution in [-0.4, -0.2) is 38.8 Å². The fraction of sp³-hybridized carbons (Fsp3) is 0.571. The molecule has 0 aliphatic rings. The molecule has 0 aromatic heterocycles. The number of nitrogens with two attached hydrogens (primary N) is 1. The first-order valence-electron chi connectivity index (χ1n) is 6.57. The first kappa shape index (κ1) is 17.9. The number of rotatable bonds is 7. The maximum Gasteiger partial charge on any atom is 0.419 e. The second-order valence-electron chi connectivity index (χ2n) is 4.82. The van der Waals surface area contributed by atoms with Gasteiger partial charge in [-0.15, -0.1) is 0 Å². The Balaban J connectivity index is 2.95. The zero-order valence-corrected chi connectivity index (χ0v) is 12.1. The third kappa shape index (κ3) is 4.94. The van der Waals surface area contributed by atoms with Gasteiger partial charge in [-0.2, -0.15) is 13.2 Å². The molecule has 1 aromatic carbocycles. The highest BCUT2D eigenvalue weighted by atomic mass is 19.4. The first-order valence-corrected chi connectivity index (χ1v) is 6.57. The minimum Gasteiger partial charge on any atom is -0.385 e. The summed E-state index contributed by atoms with van der Waals surface area (Å²) in [6.07, 6.45) is -3.98. The van der Waals surface area contributed by atoms with Crippen molar-refractivity contribution >= 4 is 0 Å². The quantitative estimate of drug-likeness (QED) is 0.622. The number of benzene rings is 1. The minimum atomic E-state index is -4.71. The average Bonchev–Trinajstić information content (AvgIpc) is 2.40. The standard InChI is InChI=1S/C14H20F4N2O/c1-20(6-3-7-21-2)13(9-19)10-4-5-12(15)11(8-10)14(16,17)18/h4-5,8,13H,3,6-7,9,19H2,1-2H3. The molecule has 1 rings (SSSR count). The second kappa shape index (κ2) is 7.72. The van der Waals surface area contributed by atoms with Crippen molar-refractivity contribution in [2.45, 2.75) is 18.6 Å². The smallest absolute Gasteiger partial charge is 0.385 e. The molecule has 0 heterocycles. The van der Waals surface area contributed by atoms with Gasteiger partial charge in [-0.05, 0) is 31.2 Å². The zero-order chi connectivity index (χ0) is 16.0. The van der Waals surface area contributed by atoms with Gasteiger partial charge < -0.3 is 10.5 Å². The molecule has 0 aliphatic heterocycles. The number of methoxy groups -OCH3 is 1. The van der Waals surface area contributed by atoms with Crippen LogP contribution < -0.4 is 5.73 Å². The molecule has 1 unspecified atom stereocenters. The number of ether oxygens (including phenoxy) is 1. The van der Waals surface area contributed by atoms with E-state index < -0.39 is 23.6 Å². The van der Waals surface area contributed by atoms with Crippen LogP contribution in [0.1, 0.15) is 23.6 Å². The Bertz CT molecular complexity index is 451. The summed E-state index contributed by atoms with van der Waals surface area (Å²) in [5.41, 5.74) is 4.75. The van der Waals surface area contributed by atoms with E-state index in [1.54, 1.807) is 14.2 Å². The van der Waals surface area contributed by atoms with Crippen molar-refractivity contribution in [3.8, 4) is 0 Å². The zero-order valence-electron chi connectivity index (χ0n) is 12.1. The van der Waals surface area contributed by atoms with Gasteiger partial charge >= 0.3 is 6.18 Å². The predicted octanol–water partition coefficient (Wildman–Crippen LogP) is 2.81. The van der Waals surface area contributed by atoms with E-state index in [-0.39, 0.29) is 6.54 Å². The summed E-state index contributed by atoms with van der Waals surface area (Å²) in [5.74, 6) is -1.27. The number of alkyl halides is 3. The van der Waals surface area contributed by atoms with Crippen molar-refractivity contribution in [3.05, 3.63) is 35.1 Å². The van der Waals surface area contributed by atoms with Crippen LogP contribution in [0.25, 0.3) is 0 Å². The van der Waals surface area contributed by atoms with Gasteiger partial charge in [-0.1, -0.05) is 6.07 Å². The minimum absolute atomic E-state index is 0.145. The van der Waals surface area contributed by atoms with Crippen LogP contribution >= 0.6 is 0 Å². The topological polar surface area (TPSA) is 38.5 Å². The summed E-state index contributed by atoms with van der Waals surface area (Å²) in [4.78, 5) is 1.84. The van der Waals surface area contributed by atoms with Crippen LogP contribution in [0.4, 0.5) is 17.6 Å². The highest BCUT2D eigenvalue weighted by molar-refractivity contribution is 5.29. The molecule has 0 saturated heterocycles. The molecule has 0 aliphatic carbocycles. The Kier molecular flexibility index (Phi) is 6.57. The highest BCUT2D eigenvalue weighted by Crippen LogP contribution is 2.33. The molecule has 0 fully saturated rings. The predicted molar refractivity (Wildman–Crippen MR) is 72.3 cm³/mol. The summed E-state index contributed by atoms with van der Waals surface area (Å²) in [7, 11) is 3.35. The molecule has 3 nitrogen and oxygen atoms in total. The van der Waals surface area contributed by atoms with Crippen LogP contribution in [0, 0.1) is 5.82 Å². The summed E-state index contributed by atoms with van der Waals surface area (Å²) in [5, 5.41) is 0. The van der Waals surface area contributed by atoms with E-state index in [1.807, 2.05) is 4.90 Å². The van der Waals surface area contributed by atoms with E-state index in [0.717, 1.165) is 18.6 Å². The van der Waals surface area contributed by atoms with Gasteiger partial charge in [0.2, 0.25) is 0 Å². The van der Waals surface area contributed by atoms with Crippen molar-refractivity contribution in [3.63, 3.8) is 0 Å². The van der Waals surface area contributed by atoms with Gasteiger partial charge in [0, 0.05) is 32.8 Å². The molecule has 0 spiro atoms. The van der Waals surface area contributed by atoms with Crippen molar-refractivity contribution in [1.29, 1.82) is 0 Å². The number of halogens is 4. The van der Waals surface area contributed by atoms with Gasteiger partial charge in [0.05, 0.1) is 5.56 Å². The van der Waals surface area contributed by atoms with E-state index >= 15 is 0 Å². The van der Waals surface area contributed by atoms with Gasteiger partial charge in [-0.25, -0.2) is 4.39 Å². The van der Waals surface area contributed by atoms with Gasteiger partial charge in [0.1, 0.15) is 5.82 Å². The lowest BCUT2D eigenvalue weighted by Gasteiger charge is -2.28. The van der Waals surface area contributed by atoms with Crippen LogP contribution in [0.3, 0.4) is 0 Å². The summed E-state index contributed by atoms with van der Waals surface area (Å²) in [6, 6.07) is 2.61. The molecule has 120 valence electrons. The lowest BCUT2D eigenvalue weighted by molar-refractivity contribution is -0.140. The van der Waals surface area contributed by atoms with Crippen molar-refractivity contribution < 1.29 is 22.3 Å². The SMILES string of the molecule is COCCCN(C)C(CN)c1ccc(F)c(C(F)(F)F)c1. The molecule has 2 N–H and O–H groups in total. The molecule has 0 bridgehead atoms. The fourth-order valence-corrected chi connectivity index (χ4v) is 2.15. The van der Waals surface area contributed by atoms with Crippen molar-refractivity contribution in [1.82, 2.24) is 4.90 Å². The second-order valence-corrected chi connectivity index (χ2v) is 4.82. The maximum atomic E-state index is 13.3. The van der Waals surface area contributed by atoms with Crippen molar-refractivity contribution in [2.24, 2.45) is 5.73 Å². The summed E-state index contributed by atoms with van der Waals surface area (Å²) >= 11 is 0. The third-order valence-electron chi connectivity index (χ3n) is 3.30. The van der Waals surface area contributed by atoms with Gasteiger partial charge in [-0.3, -0.25) is 4.90 Å². The van der Waals surface area contributed by atoms with E-state index in [9.17, 15) is 17.6 Å². The molecule has 0 radical (unpaired) electrons. The van der Waals surface area contributed by atoms with Gasteiger partial charge in [0.15, 0.2) is 0 Å². The molecular formula is C14H20F4N2O. The Morgan fingerprint density at radius 1 is 1.33 bits per heavy atom. The molecule has 7 heteroatoms. The monoisotopic (exact) mass is 308 g/mol. The van der Waals surface area contributed by atoms with Crippen molar-refractivity contribution in [2.75, 3.05) is 33.9 Å². The van der Waals surface area contributed by atoms with Gasteiger partial charge in [0.25, 0.3) is 0 Å². The summed E-state index contributed by atoms with van der Waals surface area (Å²) in [6.45, 7) is 1.32. The van der Waals surface area contributed by atoms with E-state index in [0.29, 0.717) is 18.7 Å². The Morgan fingerprint density at radius 2 is 2.00 bits per heavy atom. The number of hydrogen-bond acceptors (Lipinski definition) is 3. The number of nitrogens with zero attached hydrogens (tertiary/aromatic N) is 1. The molecule has 1 atom stereocenters. The third-order valence-corrected chi connectivity index (χ3v) is 3.30. The normalized spacial score (nSPS) is 13.7. The molecule has 0 saturated carbocycles. The van der Waals surface area contributed by atoms with E-state index in [2.05, 4.69) is 0 Å². The van der Waals surface area contributed by atoms with Crippen LogP contribution in [0.15, 0.2) is 18.2 Å². The van der Waals surface area contributed by atoms with E-state index in [4.69, 9.17) is 10.5 Å². The Hall–Kier alpha value is -1.18. The molecule has 21 heavy (non-hydrogen) atoms. The molecule has 0 amide bonds. The molecule has 1 aromatic rings. The van der Waals surface area contributed by atoms with E-state index in [1.165, 1.54) is 6.07 Å². The maximum absolute atomic E-state index is 13.3. The van der Waals surface area contributed by atoms with Crippen LogP contribution in [0.2, 0.25) is 0 Å². The Morgan fingerprint density at radius 3 is 2.52 bits per heavy atom. The largest absolute Gasteiger partial charge is 0.419 e.